The Kier molecular flexibility index (Phi) is 4.95. The summed E-state index contributed by atoms with van der Waals surface area (Å²) in [5.74, 6) is -0.240. The molecule has 1 unspecified atom stereocenters. The zero-order valence-electron chi connectivity index (χ0n) is 10.7. The van der Waals surface area contributed by atoms with Gasteiger partial charge in [-0.15, -0.1) is 0 Å². The molecule has 0 radical (unpaired) electrons. The number of methoxy groups -OCH3 is 1. The predicted molar refractivity (Wildman–Crippen MR) is 72.9 cm³/mol. The number of nitrogens with one attached hydrogen (secondary N) is 1. The fraction of sp³-hybridized carbons (Fsp3) is 0.538. The molecule has 0 heterocycles. The van der Waals surface area contributed by atoms with Crippen LogP contribution in [0.3, 0.4) is 0 Å². The van der Waals surface area contributed by atoms with Crippen LogP contribution in [0.5, 0.6) is 0 Å². The molecular weight excluding hydrogens is 285 g/mol. The van der Waals surface area contributed by atoms with E-state index in [9.17, 15) is 4.39 Å². The third-order valence-corrected chi connectivity index (χ3v) is 3.17. The zero-order chi connectivity index (χ0) is 13.1. The van der Waals surface area contributed by atoms with Gasteiger partial charge in [-0.1, -0.05) is 15.9 Å². The summed E-state index contributed by atoms with van der Waals surface area (Å²) >= 11 is 3.33. The van der Waals surface area contributed by atoms with Crippen LogP contribution in [-0.4, -0.2) is 18.8 Å². The Hall–Kier alpha value is -0.610. The molecule has 0 saturated carbocycles. The van der Waals surface area contributed by atoms with Crippen molar-refractivity contribution in [1.82, 2.24) is 0 Å². The third kappa shape index (κ3) is 4.64. The first-order valence-electron chi connectivity index (χ1n) is 5.61. The van der Waals surface area contributed by atoms with E-state index >= 15 is 0 Å². The molecule has 1 aromatic carbocycles. The second-order valence-electron chi connectivity index (χ2n) is 4.84. The molecule has 0 amide bonds. The highest BCUT2D eigenvalue weighted by atomic mass is 79.9. The normalized spacial score (nSPS) is 13.5. The number of ether oxygens (including phenoxy) is 1. The first-order valence-corrected chi connectivity index (χ1v) is 6.40. The van der Waals surface area contributed by atoms with Gasteiger partial charge >= 0.3 is 0 Å². The van der Waals surface area contributed by atoms with Crippen molar-refractivity contribution in [2.45, 2.75) is 38.8 Å². The van der Waals surface area contributed by atoms with Crippen molar-refractivity contribution in [3.05, 3.63) is 28.5 Å². The van der Waals surface area contributed by atoms with Crippen LogP contribution in [-0.2, 0) is 4.74 Å². The van der Waals surface area contributed by atoms with E-state index in [0.717, 1.165) is 10.9 Å². The molecule has 4 heteroatoms. The molecular formula is C13H19BrFNO. The molecule has 0 fully saturated rings. The first-order chi connectivity index (χ1) is 7.84. The van der Waals surface area contributed by atoms with Gasteiger partial charge in [-0.25, -0.2) is 4.39 Å². The van der Waals surface area contributed by atoms with Crippen LogP contribution in [0.25, 0.3) is 0 Å². The minimum absolute atomic E-state index is 0.133. The number of hydrogen-bond donors (Lipinski definition) is 1. The molecule has 0 aromatic heterocycles. The van der Waals surface area contributed by atoms with E-state index in [0.29, 0.717) is 5.69 Å². The molecule has 2 nitrogen and oxygen atoms in total. The lowest BCUT2D eigenvalue weighted by Crippen LogP contribution is -2.31. The molecule has 96 valence electrons. The van der Waals surface area contributed by atoms with Crippen molar-refractivity contribution in [2.24, 2.45) is 0 Å². The van der Waals surface area contributed by atoms with Crippen molar-refractivity contribution in [3.63, 3.8) is 0 Å². The van der Waals surface area contributed by atoms with E-state index in [-0.39, 0.29) is 17.5 Å². The van der Waals surface area contributed by atoms with Gasteiger partial charge in [0, 0.05) is 17.6 Å². The van der Waals surface area contributed by atoms with Gasteiger partial charge in [0.2, 0.25) is 0 Å². The highest BCUT2D eigenvalue weighted by Crippen LogP contribution is 2.23. The number of rotatable bonds is 5. The maximum atomic E-state index is 13.5. The van der Waals surface area contributed by atoms with Crippen LogP contribution >= 0.6 is 15.9 Å². The lowest BCUT2D eigenvalue weighted by Gasteiger charge is -2.27. The predicted octanol–water partition coefficient (Wildman–Crippen LogP) is 4.20. The van der Waals surface area contributed by atoms with Gasteiger partial charge in [-0.3, -0.25) is 0 Å². The van der Waals surface area contributed by atoms with Crippen LogP contribution in [0.15, 0.2) is 22.7 Å². The van der Waals surface area contributed by atoms with Gasteiger partial charge in [0.1, 0.15) is 5.82 Å². The molecule has 1 atom stereocenters. The minimum atomic E-state index is -0.240. The molecule has 1 aromatic rings. The van der Waals surface area contributed by atoms with E-state index in [1.807, 2.05) is 20.8 Å². The molecule has 1 rings (SSSR count). The highest BCUT2D eigenvalue weighted by Gasteiger charge is 2.20. The number of halogens is 2. The van der Waals surface area contributed by atoms with Crippen LogP contribution in [0.1, 0.15) is 27.2 Å². The Bertz CT molecular complexity index is 382. The number of benzene rings is 1. The minimum Gasteiger partial charge on any atom is -0.380 e. The molecule has 0 saturated heterocycles. The van der Waals surface area contributed by atoms with Gasteiger partial charge in [0.25, 0.3) is 0 Å². The van der Waals surface area contributed by atoms with Crippen molar-refractivity contribution in [2.75, 3.05) is 12.4 Å². The average Bonchev–Trinajstić information content (AvgIpc) is 2.23. The summed E-state index contributed by atoms with van der Waals surface area (Å²) in [5, 5.41) is 3.16. The number of anilines is 1. The molecule has 0 aliphatic rings. The van der Waals surface area contributed by atoms with E-state index < -0.39 is 0 Å². The van der Waals surface area contributed by atoms with Crippen LogP contribution in [0.2, 0.25) is 0 Å². The SMILES string of the molecule is COC(C)(C)CC(C)Nc1cc(Br)ccc1F. The quantitative estimate of drug-likeness (QED) is 0.880. The maximum absolute atomic E-state index is 13.5. The van der Waals surface area contributed by atoms with Crippen LogP contribution in [0, 0.1) is 5.82 Å². The summed E-state index contributed by atoms with van der Waals surface area (Å²) in [6.45, 7) is 6.05. The standard InChI is InChI=1S/C13H19BrFNO/c1-9(8-13(2,3)17-4)16-12-7-10(14)5-6-11(12)15/h5-7,9,16H,8H2,1-4H3. The molecule has 17 heavy (non-hydrogen) atoms. The number of hydrogen-bond acceptors (Lipinski definition) is 2. The lowest BCUT2D eigenvalue weighted by atomic mass is 9.99. The second-order valence-corrected chi connectivity index (χ2v) is 5.75. The smallest absolute Gasteiger partial charge is 0.146 e. The van der Waals surface area contributed by atoms with Gasteiger partial charge in [-0.05, 0) is 45.4 Å². The van der Waals surface area contributed by atoms with Crippen LogP contribution in [0.4, 0.5) is 10.1 Å². The molecule has 0 spiro atoms. The van der Waals surface area contributed by atoms with Gasteiger partial charge in [0.05, 0.1) is 11.3 Å². The summed E-state index contributed by atoms with van der Waals surface area (Å²) in [6.07, 6.45) is 0.801. The van der Waals surface area contributed by atoms with Crippen molar-refractivity contribution < 1.29 is 9.13 Å². The fourth-order valence-electron chi connectivity index (χ4n) is 1.75. The second kappa shape index (κ2) is 5.83. The Balaban J connectivity index is 2.68. The Morgan fingerprint density at radius 1 is 1.47 bits per heavy atom. The Morgan fingerprint density at radius 2 is 2.12 bits per heavy atom. The summed E-state index contributed by atoms with van der Waals surface area (Å²) in [5.41, 5.74) is 0.299. The molecule has 0 aliphatic heterocycles. The topological polar surface area (TPSA) is 21.3 Å². The van der Waals surface area contributed by atoms with E-state index in [1.54, 1.807) is 19.2 Å². The van der Waals surface area contributed by atoms with Crippen molar-refractivity contribution in [1.29, 1.82) is 0 Å². The van der Waals surface area contributed by atoms with Gasteiger partial charge in [0.15, 0.2) is 0 Å². The van der Waals surface area contributed by atoms with E-state index in [4.69, 9.17) is 4.74 Å². The van der Waals surface area contributed by atoms with Gasteiger partial charge in [-0.2, -0.15) is 0 Å². The zero-order valence-corrected chi connectivity index (χ0v) is 12.3. The summed E-state index contributed by atoms with van der Waals surface area (Å²) < 4.78 is 19.7. The molecule has 0 bridgehead atoms. The summed E-state index contributed by atoms with van der Waals surface area (Å²) in [7, 11) is 1.69. The Labute approximate surface area is 111 Å². The summed E-state index contributed by atoms with van der Waals surface area (Å²) in [6, 6.07) is 5.00. The van der Waals surface area contributed by atoms with E-state index in [2.05, 4.69) is 21.2 Å². The van der Waals surface area contributed by atoms with Crippen LogP contribution < -0.4 is 5.32 Å². The van der Waals surface area contributed by atoms with Crippen molar-refractivity contribution in [3.8, 4) is 0 Å². The monoisotopic (exact) mass is 303 g/mol. The Morgan fingerprint density at radius 3 is 2.71 bits per heavy atom. The fourth-order valence-corrected chi connectivity index (χ4v) is 2.11. The summed E-state index contributed by atoms with van der Waals surface area (Å²) in [4.78, 5) is 0. The lowest BCUT2D eigenvalue weighted by molar-refractivity contribution is 0.0128. The molecule has 1 N–H and O–H groups in total. The van der Waals surface area contributed by atoms with E-state index in [1.165, 1.54) is 6.07 Å². The average molecular weight is 304 g/mol. The third-order valence-electron chi connectivity index (χ3n) is 2.68. The first kappa shape index (κ1) is 14.5. The largest absolute Gasteiger partial charge is 0.380 e. The van der Waals surface area contributed by atoms with Gasteiger partial charge < -0.3 is 10.1 Å². The molecule has 0 aliphatic carbocycles. The maximum Gasteiger partial charge on any atom is 0.146 e. The van der Waals surface area contributed by atoms with Crippen molar-refractivity contribution >= 4 is 21.6 Å². The highest BCUT2D eigenvalue weighted by molar-refractivity contribution is 9.10.